The minimum Gasteiger partial charge on any atom is -0.493 e. The van der Waals surface area contributed by atoms with Crippen molar-refractivity contribution in [3.8, 4) is 11.5 Å². The second-order valence-electron chi connectivity index (χ2n) is 3.37. The zero-order valence-electron chi connectivity index (χ0n) is 9.44. The van der Waals surface area contributed by atoms with E-state index in [0.29, 0.717) is 5.56 Å². The van der Waals surface area contributed by atoms with E-state index in [-0.39, 0.29) is 17.9 Å². The van der Waals surface area contributed by atoms with Crippen molar-refractivity contribution in [2.45, 2.75) is 12.5 Å². The molecule has 0 aromatic heterocycles. The molecule has 1 rings (SSSR count). The Kier molecular flexibility index (Phi) is 4.28. The Morgan fingerprint density at radius 2 is 2.06 bits per heavy atom. The summed E-state index contributed by atoms with van der Waals surface area (Å²) in [5, 5.41) is 17.7. The van der Waals surface area contributed by atoms with Crippen molar-refractivity contribution in [1.29, 1.82) is 0 Å². The van der Waals surface area contributed by atoms with Gasteiger partial charge in [0.2, 0.25) is 0 Å². The Hall–Kier alpha value is -1.82. The van der Waals surface area contributed by atoms with Crippen molar-refractivity contribution >= 4 is 5.97 Å². The van der Waals surface area contributed by atoms with Crippen molar-refractivity contribution in [2.24, 2.45) is 0 Å². The minimum absolute atomic E-state index is 0.0546. The molecule has 0 saturated heterocycles. The summed E-state index contributed by atoms with van der Waals surface area (Å²) < 4.78 is 23.2. The lowest BCUT2D eigenvalue weighted by Gasteiger charge is -2.11. The maximum atomic E-state index is 13.5. The van der Waals surface area contributed by atoms with Crippen LogP contribution < -0.4 is 9.47 Å². The third-order valence-corrected chi connectivity index (χ3v) is 2.21. The smallest absolute Gasteiger partial charge is 0.332 e. The summed E-state index contributed by atoms with van der Waals surface area (Å²) in [6, 6.07) is 2.53. The fourth-order valence-electron chi connectivity index (χ4n) is 1.40. The number of aliphatic carboxylic acids is 1. The summed E-state index contributed by atoms with van der Waals surface area (Å²) >= 11 is 0. The molecule has 0 aliphatic rings. The molecular weight excluding hydrogens is 231 g/mol. The number of carbonyl (C=O) groups is 1. The van der Waals surface area contributed by atoms with Crippen LogP contribution >= 0.6 is 0 Å². The summed E-state index contributed by atoms with van der Waals surface area (Å²) in [5.41, 5.74) is 0.315. The molecule has 0 aliphatic heterocycles. The molecule has 0 fully saturated rings. The van der Waals surface area contributed by atoms with Crippen LogP contribution in [0.1, 0.15) is 5.56 Å². The fourth-order valence-corrected chi connectivity index (χ4v) is 1.40. The number of hydrogen-bond donors (Lipinski definition) is 2. The van der Waals surface area contributed by atoms with Crippen molar-refractivity contribution in [2.75, 3.05) is 14.2 Å². The average molecular weight is 244 g/mol. The molecule has 0 spiro atoms. The SMILES string of the molecule is COc1cc(CC(O)C(=O)O)cc(F)c1OC. The summed E-state index contributed by atoms with van der Waals surface area (Å²) in [5.74, 6) is -1.93. The van der Waals surface area contributed by atoms with Gasteiger partial charge in [0.15, 0.2) is 23.4 Å². The van der Waals surface area contributed by atoms with Crippen molar-refractivity contribution in [1.82, 2.24) is 0 Å². The molecule has 5 nitrogen and oxygen atoms in total. The molecule has 0 bridgehead atoms. The minimum atomic E-state index is -1.58. The lowest BCUT2D eigenvalue weighted by atomic mass is 10.1. The predicted molar refractivity (Wildman–Crippen MR) is 56.9 cm³/mol. The first kappa shape index (κ1) is 13.2. The van der Waals surface area contributed by atoms with Gasteiger partial charge in [-0.2, -0.15) is 0 Å². The highest BCUT2D eigenvalue weighted by Crippen LogP contribution is 2.31. The molecule has 0 amide bonds. The molecule has 1 unspecified atom stereocenters. The first-order valence-corrected chi connectivity index (χ1v) is 4.80. The molecule has 6 heteroatoms. The van der Waals surface area contributed by atoms with E-state index >= 15 is 0 Å². The maximum absolute atomic E-state index is 13.5. The Balaban J connectivity index is 3.03. The van der Waals surface area contributed by atoms with E-state index < -0.39 is 17.9 Å². The number of carboxylic acids is 1. The average Bonchev–Trinajstić information content (AvgIpc) is 2.27. The van der Waals surface area contributed by atoms with Gasteiger partial charge in [0.25, 0.3) is 0 Å². The molecule has 2 N–H and O–H groups in total. The molecule has 0 aliphatic carbocycles. The van der Waals surface area contributed by atoms with Gasteiger partial charge in [-0.3, -0.25) is 0 Å². The highest BCUT2D eigenvalue weighted by atomic mass is 19.1. The highest BCUT2D eigenvalue weighted by molar-refractivity contribution is 5.72. The zero-order valence-corrected chi connectivity index (χ0v) is 9.44. The van der Waals surface area contributed by atoms with Crippen LogP contribution in [-0.2, 0) is 11.2 Å². The van der Waals surface area contributed by atoms with E-state index in [4.69, 9.17) is 19.7 Å². The molecule has 0 heterocycles. The predicted octanol–water partition coefficient (Wildman–Crippen LogP) is 0.831. The molecule has 0 radical (unpaired) electrons. The molecule has 17 heavy (non-hydrogen) atoms. The van der Waals surface area contributed by atoms with Crippen LogP contribution in [0.15, 0.2) is 12.1 Å². The maximum Gasteiger partial charge on any atom is 0.332 e. The summed E-state index contributed by atoms with van der Waals surface area (Å²) in [6.07, 6.45) is -1.78. The Labute approximate surface area is 97.4 Å². The molecule has 1 aromatic carbocycles. The molecule has 0 saturated carbocycles. The van der Waals surface area contributed by atoms with E-state index in [1.807, 2.05) is 0 Å². The van der Waals surface area contributed by atoms with Gasteiger partial charge in [-0.15, -0.1) is 0 Å². The fraction of sp³-hybridized carbons (Fsp3) is 0.364. The zero-order chi connectivity index (χ0) is 13.0. The van der Waals surface area contributed by atoms with Crippen molar-refractivity contribution in [3.63, 3.8) is 0 Å². The number of halogens is 1. The Morgan fingerprint density at radius 1 is 1.41 bits per heavy atom. The van der Waals surface area contributed by atoms with Gasteiger partial charge >= 0.3 is 5.97 Å². The lowest BCUT2D eigenvalue weighted by Crippen LogP contribution is -2.22. The van der Waals surface area contributed by atoms with Crippen LogP contribution in [0.5, 0.6) is 11.5 Å². The van der Waals surface area contributed by atoms with E-state index in [0.717, 1.165) is 6.07 Å². The van der Waals surface area contributed by atoms with Crippen LogP contribution in [0, 0.1) is 5.82 Å². The van der Waals surface area contributed by atoms with Gasteiger partial charge in [-0.25, -0.2) is 9.18 Å². The van der Waals surface area contributed by atoms with Gasteiger partial charge in [-0.05, 0) is 17.7 Å². The Morgan fingerprint density at radius 3 is 2.53 bits per heavy atom. The number of rotatable bonds is 5. The number of methoxy groups -OCH3 is 2. The first-order valence-electron chi connectivity index (χ1n) is 4.80. The number of aliphatic hydroxyl groups excluding tert-OH is 1. The van der Waals surface area contributed by atoms with Crippen LogP contribution in [0.3, 0.4) is 0 Å². The molecule has 1 aromatic rings. The molecule has 94 valence electrons. The third kappa shape index (κ3) is 3.07. The van der Waals surface area contributed by atoms with E-state index in [9.17, 15) is 9.18 Å². The number of aliphatic hydroxyl groups is 1. The van der Waals surface area contributed by atoms with Gasteiger partial charge in [-0.1, -0.05) is 0 Å². The molecular formula is C11H13FO5. The largest absolute Gasteiger partial charge is 0.493 e. The second-order valence-corrected chi connectivity index (χ2v) is 3.37. The summed E-state index contributed by atoms with van der Waals surface area (Å²) in [6.45, 7) is 0. The van der Waals surface area contributed by atoms with Crippen LogP contribution in [0.2, 0.25) is 0 Å². The topological polar surface area (TPSA) is 76.0 Å². The van der Waals surface area contributed by atoms with E-state index in [1.54, 1.807) is 0 Å². The summed E-state index contributed by atoms with van der Waals surface area (Å²) in [7, 11) is 2.64. The van der Waals surface area contributed by atoms with Gasteiger partial charge < -0.3 is 19.7 Å². The summed E-state index contributed by atoms with van der Waals surface area (Å²) in [4.78, 5) is 10.5. The first-order chi connectivity index (χ1) is 7.99. The Bertz CT molecular complexity index is 419. The number of hydrogen-bond acceptors (Lipinski definition) is 4. The van der Waals surface area contributed by atoms with Gasteiger partial charge in [0.1, 0.15) is 0 Å². The van der Waals surface area contributed by atoms with Crippen LogP contribution in [-0.4, -0.2) is 36.5 Å². The van der Waals surface area contributed by atoms with Crippen LogP contribution in [0.25, 0.3) is 0 Å². The van der Waals surface area contributed by atoms with Crippen molar-refractivity contribution in [3.05, 3.63) is 23.5 Å². The highest BCUT2D eigenvalue weighted by Gasteiger charge is 2.17. The number of benzene rings is 1. The second kappa shape index (κ2) is 5.49. The van der Waals surface area contributed by atoms with E-state index in [1.165, 1.54) is 20.3 Å². The normalized spacial score (nSPS) is 12.0. The lowest BCUT2D eigenvalue weighted by molar-refractivity contribution is -0.146. The van der Waals surface area contributed by atoms with E-state index in [2.05, 4.69) is 0 Å². The quantitative estimate of drug-likeness (QED) is 0.802. The number of carboxylic acid groups (broad SMARTS) is 1. The van der Waals surface area contributed by atoms with Gasteiger partial charge in [0.05, 0.1) is 14.2 Å². The number of ether oxygens (including phenoxy) is 2. The van der Waals surface area contributed by atoms with Crippen molar-refractivity contribution < 1.29 is 28.9 Å². The monoisotopic (exact) mass is 244 g/mol. The van der Waals surface area contributed by atoms with Gasteiger partial charge in [0, 0.05) is 6.42 Å². The standard InChI is InChI=1S/C11H13FO5/c1-16-9-5-6(4-8(13)11(14)15)3-7(12)10(9)17-2/h3,5,8,13H,4H2,1-2H3,(H,14,15). The molecule has 1 atom stereocenters. The third-order valence-electron chi connectivity index (χ3n) is 2.21. The van der Waals surface area contributed by atoms with Crippen LogP contribution in [0.4, 0.5) is 4.39 Å².